The molecule has 0 aliphatic rings. The van der Waals surface area contributed by atoms with E-state index in [1.807, 2.05) is 20.8 Å². The van der Waals surface area contributed by atoms with Gasteiger partial charge in [0.1, 0.15) is 0 Å². The Morgan fingerprint density at radius 1 is 1.44 bits per heavy atom. The summed E-state index contributed by atoms with van der Waals surface area (Å²) in [5.41, 5.74) is 0. The van der Waals surface area contributed by atoms with Crippen molar-refractivity contribution in [2.75, 3.05) is 19.7 Å². The van der Waals surface area contributed by atoms with E-state index in [2.05, 4.69) is 10.2 Å². The van der Waals surface area contributed by atoms with Crippen molar-refractivity contribution >= 4 is 0 Å². The van der Waals surface area contributed by atoms with E-state index in [0.29, 0.717) is 6.61 Å². The summed E-state index contributed by atoms with van der Waals surface area (Å²) in [4.78, 5) is 4.28. The molecule has 0 spiro atoms. The van der Waals surface area contributed by atoms with E-state index < -0.39 is 0 Å². The molecular weight excluding hydrogens is 116 g/mol. The molecule has 3 N–H and O–H groups in total. The highest BCUT2D eigenvalue weighted by atomic mass is 16.6. The second kappa shape index (κ2) is 15.7. The van der Waals surface area contributed by atoms with E-state index in [1.54, 1.807) is 0 Å². The first-order valence-corrected chi connectivity index (χ1v) is 3.44. The standard InChI is InChI=1S/C4H12N2O.C2H6/c1-2-6-3-4-7-5;1-2/h6H,2-5H2,1H3;1-2H3. The summed E-state index contributed by atoms with van der Waals surface area (Å²) in [5, 5.41) is 3.04. The normalized spacial score (nSPS) is 8.00. The molecule has 0 unspecified atom stereocenters. The van der Waals surface area contributed by atoms with Gasteiger partial charge < -0.3 is 10.2 Å². The average molecular weight is 134 g/mol. The molecule has 0 saturated heterocycles. The third kappa shape index (κ3) is 18.1. The van der Waals surface area contributed by atoms with Crippen molar-refractivity contribution in [3.8, 4) is 0 Å². The molecule has 0 aromatic heterocycles. The molecule has 3 heteroatoms. The SMILES string of the molecule is CC.CCNCCON. The summed E-state index contributed by atoms with van der Waals surface area (Å²) in [6.45, 7) is 8.45. The summed E-state index contributed by atoms with van der Waals surface area (Å²) >= 11 is 0. The summed E-state index contributed by atoms with van der Waals surface area (Å²) < 4.78 is 0. The third-order valence-corrected chi connectivity index (χ3v) is 0.647. The summed E-state index contributed by atoms with van der Waals surface area (Å²) in [7, 11) is 0. The number of nitrogens with two attached hydrogens (primary N) is 1. The number of nitrogens with one attached hydrogen (secondary N) is 1. The van der Waals surface area contributed by atoms with E-state index in [9.17, 15) is 0 Å². The Kier molecular flexibility index (Phi) is 20.3. The highest BCUT2D eigenvalue weighted by Crippen LogP contribution is 1.57. The first kappa shape index (κ1) is 11.6. The molecule has 0 radical (unpaired) electrons. The maximum atomic E-state index is 4.73. The van der Waals surface area contributed by atoms with E-state index in [0.717, 1.165) is 13.1 Å². The lowest BCUT2D eigenvalue weighted by molar-refractivity contribution is 0.140. The van der Waals surface area contributed by atoms with Crippen LogP contribution in [0.3, 0.4) is 0 Å². The maximum Gasteiger partial charge on any atom is 0.0803 e. The minimum atomic E-state index is 0.591. The van der Waals surface area contributed by atoms with E-state index >= 15 is 0 Å². The van der Waals surface area contributed by atoms with Gasteiger partial charge in [-0.1, -0.05) is 20.8 Å². The molecule has 0 rings (SSSR count). The monoisotopic (exact) mass is 134 g/mol. The van der Waals surface area contributed by atoms with Crippen LogP contribution >= 0.6 is 0 Å². The van der Waals surface area contributed by atoms with Crippen LogP contribution < -0.4 is 11.2 Å². The Labute approximate surface area is 57.5 Å². The Balaban J connectivity index is 0. The van der Waals surface area contributed by atoms with Crippen LogP contribution in [-0.4, -0.2) is 19.7 Å². The van der Waals surface area contributed by atoms with Gasteiger partial charge in [0.25, 0.3) is 0 Å². The van der Waals surface area contributed by atoms with Crippen LogP contribution in [0, 0.1) is 0 Å². The van der Waals surface area contributed by atoms with Crippen LogP contribution in [-0.2, 0) is 4.84 Å². The largest absolute Gasteiger partial charge is 0.315 e. The van der Waals surface area contributed by atoms with Gasteiger partial charge in [0.05, 0.1) is 6.61 Å². The van der Waals surface area contributed by atoms with Gasteiger partial charge in [-0.15, -0.1) is 0 Å². The minimum absolute atomic E-state index is 0.591. The molecule has 9 heavy (non-hydrogen) atoms. The van der Waals surface area contributed by atoms with Gasteiger partial charge in [-0.05, 0) is 6.54 Å². The smallest absolute Gasteiger partial charge is 0.0803 e. The fourth-order valence-electron chi connectivity index (χ4n) is 0.308. The second-order valence-electron chi connectivity index (χ2n) is 1.22. The Morgan fingerprint density at radius 2 is 2.00 bits per heavy atom. The molecule has 0 aromatic rings. The van der Waals surface area contributed by atoms with Gasteiger partial charge in [0, 0.05) is 6.54 Å². The molecule has 0 atom stereocenters. The van der Waals surface area contributed by atoms with Crippen LogP contribution in [0.2, 0.25) is 0 Å². The van der Waals surface area contributed by atoms with Crippen molar-refractivity contribution in [3.63, 3.8) is 0 Å². The zero-order chi connectivity index (χ0) is 7.54. The lowest BCUT2D eigenvalue weighted by Gasteiger charge is -1.95. The molecule has 0 amide bonds. The predicted molar refractivity (Wildman–Crippen MR) is 40.0 cm³/mol. The number of hydrogen-bond acceptors (Lipinski definition) is 3. The van der Waals surface area contributed by atoms with E-state index in [1.165, 1.54) is 0 Å². The molecular formula is C6H18N2O. The summed E-state index contributed by atoms with van der Waals surface area (Å²) in [5.74, 6) is 4.73. The van der Waals surface area contributed by atoms with Crippen LogP contribution in [0.25, 0.3) is 0 Å². The van der Waals surface area contributed by atoms with E-state index in [4.69, 9.17) is 5.90 Å². The quantitative estimate of drug-likeness (QED) is 0.435. The first-order chi connectivity index (χ1) is 4.41. The molecule has 0 bridgehead atoms. The lowest BCUT2D eigenvalue weighted by Crippen LogP contribution is -2.20. The molecule has 0 fully saturated rings. The maximum absolute atomic E-state index is 4.73. The van der Waals surface area contributed by atoms with Crippen molar-refractivity contribution in [2.24, 2.45) is 5.90 Å². The van der Waals surface area contributed by atoms with Gasteiger partial charge in [-0.3, -0.25) is 0 Å². The molecule has 0 aliphatic carbocycles. The highest BCUT2D eigenvalue weighted by Gasteiger charge is 1.77. The molecule has 0 saturated carbocycles. The number of rotatable bonds is 4. The fraction of sp³-hybridized carbons (Fsp3) is 1.00. The van der Waals surface area contributed by atoms with Gasteiger partial charge in [0.15, 0.2) is 0 Å². The van der Waals surface area contributed by atoms with Gasteiger partial charge >= 0.3 is 0 Å². The summed E-state index contributed by atoms with van der Waals surface area (Å²) in [6.07, 6.45) is 0. The first-order valence-electron chi connectivity index (χ1n) is 3.44. The number of likely N-dealkylation sites (N-methyl/N-ethyl adjacent to an activating group) is 1. The van der Waals surface area contributed by atoms with Crippen LogP contribution in [0.15, 0.2) is 0 Å². The fourth-order valence-corrected chi connectivity index (χ4v) is 0.308. The van der Waals surface area contributed by atoms with Gasteiger partial charge in [0.2, 0.25) is 0 Å². The zero-order valence-corrected chi connectivity index (χ0v) is 6.61. The van der Waals surface area contributed by atoms with Crippen molar-refractivity contribution in [2.45, 2.75) is 20.8 Å². The number of hydrogen-bond donors (Lipinski definition) is 2. The Hall–Kier alpha value is -0.120. The van der Waals surface area contributed by atoms with Crippen LogP contribution in [0.4, 0.5) is 0 Å². The molecule has 0 heterocycles. The van der Waals surface area contributed by atoms with Crippen molar-refractivity contribution in [1.29, 1.82) is 0 Å². The highest BCUT2D eigenvalue weighted by molar-refractivity contribution is 4.36. The van der Waals surface area contributed by atoms with Gasteiger partial charge in [-0.2, -0.15) is 0 Å². The Bertz CT molecular complexity index is 30.2. The molecule has 3 nitrogen and oxygen atoms in total. The summed E-state index contributed by atoms with van der Waals surface area (Å²) in [6, 6.07) is 0. The molecule has 0 aliphatic heterocycles. The van der Waals surface area contributed by atoms with Crippen LogP contribution in [0.5, 0.6) is 0 Å². The Morgan fingerprint density at radius 3 is 2.33 bits per heavy atom. The van der Waals surface area contributed by atoms with Crippen molar-refractivity contribution < 1.29 is 4.84 Å². The molecule has 58 valence electrons. The van der Waals surface area contributed by atoms with E-state index in [-0.39, 0.29) is 0 Å². The second-order valence-corrected chi connectivity index (χ2v) is 1.22. The van der Waals surface area contributed by atoms with Crippen LogP contribution in [0.1, 0.15) is 20.8 Å². The van der Waals surface area contributed by atoms with Crippen molar-refractivity contribution in [1.82, 2.24) is 5.32 Å². The molecule has 0 aromatic carbocycles. The average Bonchev–Trinajstić information content (AvgIpc) is 1.94. The zero-order valence-electron chi connectivity index (χ0n) is 6.61. The topological polar surface area (TPSA) is 47.3 Å². The van der Waals surface area contributed by atoms with Crippen molar-refractivity contribution in [3.05, 3.63) is 0 Å². The minimum Gasteiger partial charge on any atom is -0.315 e. The lowest BCUT2D eigenvalue weighted by atomic mass is 10.6. The van der Waals surface area contributed by atoms with Gasteiger partial charge in [-0.25, -0.2) is 5.90 Å². The predicted octanol–water partition coefficient (Wildman–Crippen LogP) is 0.512. The third-order valence-electron chi connectivity index (χ3n) is 0.647.